The average molecular weight is 290 g/mol. The van der Waals surface area contributed by atoms with Gasteiger partial charge in [0.1, 0.15) is 0 Å². The van der Waals surface area contributed by atoms with E-state index >= 15 is 0 Å². The van der Waals surface area contributed by atoms with Gasteiger partial charge in [0.05, 0.1) is 18.7 Å². The molecule has 21 heavy (non-hydrogen) atoms. The van der Waals surface area contributed by atoms with Crippen LogP contribution in [0.4, 0.5) is 5.69 Å². The van der Waals surface area contributed by atoms with Crippen molar-refractivity contribution in [2.24, 2.45) is 0 Å². The van der Waals surface area contributed by atoms with Crippen molar-refractivity contribution in [3.63, 3.8) is 0 Å². The van der Waals surface area contributed by atoms with Gasteiger partial charge in [-0.3, -0.25) is 4.79 Å². The molecule has 0 saturated carbocycles. The Bertz CT molecular complexity index is 479. The Kier molecular flexibility index (Phi) is 5.60. The molecule has 114 valence electrons. The lowest BCUT2D eigenvalue weighted by Gasteiger charge is -2.16. The number of hydrogen-bond acceptors (Lipinski definition) is 4. The number of nitrogens with zero attached hydrogens (tertiary/aromatic N) is 1. The molecule has 2 rings (SSSR count). The number of nitrogens with one attached hydrogen (secondary N) is 1. The fourth-order valence-electron chi connectivity index (χ4n) is 2.26. The molecule has 0 bridgehead atoms. The molecule has 1 aliphatic heterocycles. The number of ether oxygens (including phenoxy) is 1. The van der Waals surface area contributed by atoms with Gasteiger partial charge >= 0.3 is 5.97 Å². The summed E-state index contributed by atoms with van der Waals surface area (Å²) < 4.78 is 5.06. The standard InChI is InChI=1S/C16H22N2O3/c1-2-11-21-16(20)13-5-7-14(8-6-13)17-12-15(19)18-9-3-4-10-18/h5-8,17H,2-4,9-12H2,1H3. The summed E-state index contributed by atoms with van der Waals surface area (Å²) in [6.45, 7) is 4.41. The zero-order valence-corrected chi connectivity index (χ0v) is 12.4. The van der Waals surface area contributed by atoms with Crippen LogP contribution in [0, 0.1) is 0 Å². The second-order valence-electron chi connectivity index (χ2n) is 5.15. The largest absolute Gasteiger partial charge is 0.462 e. The SMILES string of the molecule is CCCOC(=O)c1ccc(NCC(=O)N2CCCC2)cc1. The van der Waals surface area contributed by atoms with E-state index < -0.39 is 0 Å². The highest BCUT2D eigenvalue weighted by atomic mass is 16.5. The second-order valence-corrected chi connectivity index (χ2v) is 5.15. The normalized spacial score (nSPS) is 14.0. The Morgan fingerprint density at radius 3 is 2.48 bits per heavy atom. The number of carbonyl (C=O) groups excluding carboxylic acids is 2. The molecule has 1 N–H and O–H groups in total. The lowest BCUT2D eigenvalue weighted by molar-refractivity contribution is -0.128. The van der Waals surface area contributed by atoms with E-state index in [0.717, 1.165) is 38.0 Å². The highest BCUT2D eigenvalue weighted by Crippen LogP contribution is 2.12. The molecule has 1 heterocycles. The van der Waals surface area contributed by atoms with Gasteiger partial charge in [-0.25, -0.2) is 4.79 Å². The fraction of sp³-hybridized carbons (Fsp3) is 0.500. The van der Waals surface area contributed by atoms with Crippen LogP contribution in [0.2, 0.25) is 0 Å². The summed E-state index contributed by atoms with van der Waals surface area (Å²) in [6.07, 6.45) is 3.00. The average Bonchev–Trinajstić information content (AvgIpc) is 3.05. The van der Waals surface area contributed by atoms with Crippen LogP contribution in [0.3, 0.4) is 0 Å². The molecule has 1 amide bonds. The Labute approximate surface area is 125 Å². The molecule has 0 aliphatic carbocycles. The minimum absolute atomic E-state index is 0.124. The highest BCUT2D eigenvalue weighted by molar-refractivity contribution is 5.90. The van der Waals surface area contributed by atoms with Gasteiger partial charge in [-0.2, -0.15) is 0 Å². The Balaban J connectivity index is 1.81. The van der Waals surface area contributed by atoms with Gasteiger partial charge in [-0.15, -0.1) is 0 Å². The molecule has 5 nitrogen and oxygen atoms in total. The maximum Gasteiger partial charge on any atom is 0.338 e. The van der Waals surface area contributed by atoms with Crippen LogP contribution in [0.25, 0.3) is 0 Å². The summed E-state index contributed by atoms with van der Waals surface area (Å²) >= 11 is 0. The van der Waals surface area contributed by atoms with Crippen LogP contribution in [-0.4, -0.2) is 43.0 Å². The van der Waals surface area contributed by atoms with Crippen molar-refractivity contribution in [3.05, 3.63) is 29.8 Å². The van der Waals surface area contributed by atoms with E-state index in [0.29, 0.717) is 18.7 Å². The van der Waals surface area contributed by atoms with Crippen LogP contribution in [0.5, 0.6) is 0 Å². The van der Waals surface area contributed by atoms with Crippen LogP contribution in [-0.2, 0) is 9.53 Å². The topological polar surface area (TPSA) is 58.6 Å². The van der Waals surface area contributed by atoms with Gasteiger partial charge in [0, 0.05) is 18.8 Å². The zero-order chi connectivity index (χ0) is 15.1. The summed E-state index contributed by atoms with van der Waals surface area (Å²) in [4.78, 5) is 25.4. The lowest BCUT2D eigenvalue weighted by Crippen LogP contribution is -2.32. The fourth-order valence-corrected chi connectivity index (χ4v) is 2.26. The minimum atomic E-state index is -0.309. The maximum atomic E-state index is 11.9. The highest BCUT2D eigenvalue weighted by Gasteiger charge is 2.17. The Morgan fingerprint density at radius 2 is 1.86 bits per heavy atom. The smallest absolute Gasteiger partial charge is 0.338 e. The van der Waals surface area contributed by atoms with E-state index in [2.05, 4.69) is 5.32 Å². The molecule has 5 heteroatoms. The Hall–Kier alpha value is -2.04. The van der Waals surface area contributed by atoms with E-state index in [1.54, 1.807) is 24.3 Å². The molecule has 1 fully saturated rings. The zero-order valence-electron chi connectivity index (χ0n) is 12.4. The van der Waals surface area contributed by atoms with Gasteiger partial charge in [-0.05, 0) is 43.5 Å². The maximum absolute atomic E-state index is 11.9. The van der Waals surface area contributed by atoms with Crippen molar-refractivity contribution >= 4 is 17.6 Å². The van der Waals surface area contributed by atoms with Gasteiger partial charge in [0.15, 0.2) is 0 Å². The molecule has 0 spiro atoms. The van der Waals surface area contributed by atoms with Crippen molar-refractivity contribution in [2.75, 3.05) is 31.6 Å². The first-order valence-corrected chi connectivity index (χ1v) is 7.49. The lowest BCUT2D eigenvalue weighted by atomic mass is 10.2. The van der Waals surface area contributed by atoms with Gasteiger partial charge in [0.25, 0.3) is 0 Å². The van der Waals surface area contributed by atoms with Crippen molar-refractivity contribution in [2.45, 2.75) is 26.2 Å². The molecule has 0 aromatic heterocycles. The number of hydrogen-bond donors (Lipinski definition) is 1. The third-order valence-corrected chi connectivity index (χ3v) is 3.46. The molecule has 0 atom stereocenters. The first-order chi connectivity index (χ1) is 10.2. The van der Waals surface area contributed by atoms with Crippen molar-refractivity contribution in [1.82, 2.24) is 4.90 Å². The van der Waals surface area contributed by atoms with E-state index in [-0.39, 0.29) is 11.9 Å². The summed E-state index contributed by atoms with van der Waals surface area (Å²) in [6, 6.07) is 7.00. The quantitative estimate of drug-likeness (QED) is 0.817. The molecule has 0 unspecified atom stereocenters. The number of likely N-dealkylation sites (tertiary alicyclic amines) is 1. The summed E-state index contributed by atoms with van der Waals surface area (Å²) in [7, 11) is 0. The number of esters is 1. The third-order valence-electron chi connectivity index (χ3n) is 3.46. The van der Waals surface area contributed by atoms with Crippen LogP contribution in [0.15, 0.2) is 24.3 Å². The van der Waals surface area contributed by atoms with E-state index in [1.807, 2.05) is 11.8 Å². The predicted molar refractivity (Wildman–Crippen MR) is 81.3 cm³/mol. The molecular weight excluding hydrogens is 268 g/mol. The van der Waals surface area contributed by atoms with Gasteiger partial charge in [0.2, 0.25) is 5.91 Å². The van der Waals surface area contributed by atoms with Crippen molar-refractivity contribution in [3.8, 4) is 0 Å². The molecule has 1 aromatic carbocycles. The molecule has 1 saturated heterocycles. The van der Waals surface area contributed by atoms with Gasteiger partial charge in [-0.1, -0.05) is 6.92 Å². The third kappa shape index (κ3) is 4.48. The van der Waals surface area contributed by atoms with Crippen LogP contribution >= 0.6 is 0 Å². The first kappa shape index (κ1) is 15.4. The molecule has 0 radical (unpaired) electrons. The number of anilines is 1. The molecule has 1 aromatic rings. The van der Waals surface area contributed by atoms with Crippen LogP contribution < -0.4 is 5.32 Å². The van der Waals surface area contributed by atoms with E-state index in [1.165, 1.54) is 0 Å². The van der Waals surface area contributed by atoms with Crippen molar-refractivity contribution < 1.29 is 14.3 Å². The number of rotatable bonds is 6. The monoisotopic (exact) mass is 290 g/mol. The number of amides is 1. The molecule has 1 aliphatic rings. The summed E-state index contributed by atoms with van der Waals surface area (Å²) in [5.74, 6) is -0.185. The summed E-state index contributed by atoms with van der Waals surface area (Å²) in [5, 5.41) is 3.09. The van der Waals surface area contributed by atoms with Crippen LogP contribution in [0.1, 0.15) is 36.5 Å². The molecular formula is C16H22N2O3. The Morgan fingerprint density at radius 1 is 1.19 bits per heavy atom. The van der Waals surface area contributed by atoms with Crippen molar-refractivity contribution in [1.29, 1.82) is 0 Å². The number of benzene rings is 1. The second kappa shape index (κ2) is 7.67. The van der Waals surface area contributed by atoms with E-state index in [4.69, 9.17) is 4.74 Å². The minimum Gasteiger partial charge on any atom is -0.462 e. The van der Waals surface area contributed by atoms with Gasteiger partial charge < -0.3 is 15.0 Å². The predicted octanol–water partition coefficient (Wildman–Crippen LogP) is 2.29. The first-order valence-electron chi connectivity index (χ1n) is 7.49. The van der Waals surface area contributed by atoms with E-state index in [9.17, 15) is 9.59 Å². The summed E-state index contributed by atoms with van der Waals surface area (Å²) in [5.41, 5.74) is 1.36. The number of carbonyl (C=O) groups is 2.